The summed E-state index contributed by atoms with van der Waals surface area (Å²) < 4.78 is 10.5. The van der Waals surface area contributed by atoms with Crippen molar-refractivity contribution in [1.29, 1.82) is 0 Å². The molecule has 2 amide bonds. The number of amides is 2. The Kier molecular flexibility index (Phi) is 8.88. The average Bonchev–Trinajstić information content (AvgIpc) is 2.96. The Bertz CT molecular complexity index is 1390. The van der Waals surface area contributed by atoms with E-state index in [1.807, 2.05) is 31.2 Å². The number of hydrogen-bond acceptors (Lipinski definition) is 7. The molecule has 3 N–H and O–H groups in total. The molecule has 0 saturated carbocycles. The molecule has 2 aromatic heterocycles. The zero-order chi connectivity index (χ0) is 28.0. The number of hydrogen-bond donors (Lipinski definition) is 3. The highest BCUT2D eigenvalue weighted by molar-refractivity contribution is 6.32. The average molecular weight is 549 g/mol. The van der Waals surface area contributed by atoms with E-state index in [1.165, 1.54) is 32.7 Å². The lowest BCUT2D eigenvalue weighted by atomic mass is 9.79. The fourth-order valence-corrected chi connectivity index (χ4v) is 4.64. The summed E-state index contributed by atoms with van der Waals surface area (Å²) in [6, 6.07) is 13.7. The van der Waals surface area contributed by atoms with Crippen molar-refractivity contribution in [1.82, 2.24) is 20.6 Å². The normalized spacial score (nSPS) is 18.5. The third kappa shape index (κ3) is 6.07. The van der Waals surface area contributed by atoms with E-state index in [9.17, 15) is 14.7 Å². The number of aliphatic hydroxyl groups is 1. The van der Waals surface area contributed by atoms with Gasteiger partial charge >= 0.3 is 0 Å². The standard InChI is InChI=1S/C29H29ClN4O5/c1-18-21(22-7-4-5-9-23(22)30)8-6-14-29(18,33-26(36)24-12-10-19(17-35)15-31-24)34-27(37)25-13-11-20(16-32-25)28(38-2)39-3/h4-16,18,28,35H,17H2,1-3H3,(H,33,36)(H,34,37). The number of carbonyl (C=O) groups is 2. The largest absolute Gasteiger partial charge is 0.392 e. The first-order chi connectivity index (χ1) is 18.8. The minimum Gasteiger partial charge on any atom is -0.392 e. The van der Waals surface area contributed by atoms with Crippen molar-refractivity contribution in [3.8, 4) is 0 Å². The number of halogens is 1. The lowest BCUT2D eigenvalue weighted by molar-refractivity contribution is -0.106. The van der Waals surface area contributed by atoms with Gasteiger partial charge in [0.1, 0.15) is 17.1 Å². The molecule has 2 heterocycles. The van der Waals surface area contributed by atoms with Gasteiger partial charge in [-0.2, -0.15) is 0 Å². The number of nitrogens with one attached hydrogen (secondary N) is 2. The Morgan fingerprint density at radius 1 is 1.00 bits per heavy atom. The van der Waals surface area contributed by atoms with Crippen LogP contribution >= 0.6 is 11.6 Å². The second-order valence-electron chi connectivity index (χ2n) is 8.95. The van der Waals surface area contributed by atoms with Gasteiger partial charge in [0, 0.05) is 43.1 Å². The van der Waals surface area contributed by atoms with E-state index in [0.29, 0.717) is 16.1 Å². The lowest BCUT2D eigenvalue weighted by Gasteiger charge is -2.41. The third-order valence-corrected chi connectivity index (χ3v) is 6.90. The SMILES string of the molecule is COC(OC)c1ccc(C(=O)NC2(NC(=O)c3ccc(CO)cn3)C=CC=C(c3ccccc3Cl)C2C)nc1. The van der Waals surface area contributed by atoms with Crippen LogP contribution in [0, 0.1) is 5.92 Å². The van der Waals surface area contributed by atoms with E-state index in [4.69, 9.17) is 21.1 Å². The van der Waals surface area contributed by atoms with Gasteiger partial charge in [0.05, 0.1) is 6.61 Å². The smallest absolute Gasteiger partial charge is 0.271 e. The number of aromatic nitrogens is 2. The summed E-state index contributed by atoms with van der Waals surface area (Å²) in [5.41, 5.74) is 1.73. The Morgan fingerprint density at radius 3 is 2.18 bits per heavy atom. The van der Waals surface area contributed by atoms with Crippen molar-refractivity contribution in [3.05, 3.63) is 112 Å². The molecular weight excluding hydrogens is 520 g/mol. The van der Waals surface area contributed by atoms with Crippen LogP contribution in [0.15, 0.2) is 79.2 Å². The van der Waals surface area contributed by atoms with Crippen LogP contribution in [0.5, 0.6) is 0 Å². The Hall–Kier alpha value is -3.89. The number of pyridine rings is 2. The molecule has 1 aliphatic rings. The van der Waals surface area contributed by atoms with Crippen molar-refractivity contribution < 1.29 is 24.2 Å². The maximum Gasteiger partial charge on any atom is 0.271 e. The minimum absolute atomic E-state index is 0.128. The van der Waals surface area contributed by atoms with Crippen LogP contribution in [-0.4, -0.2) is 46.8 Å². The number of methoxy groups -OCH3 is 2. The second kappa shape index (κ2) is 12.3. The molecule has 0 radical (unpaired) electrons. The van der Waals surface area contributed by atoms with Crippen LogP contribution in [0.2, 0.25) is 5.02 Å². The summed E-state index contributed by atoms with van der Waals surface area (Å²) in [5, 5.41) is 15.8. The van der Waals surface area contributed by atoms with Crippen molar-refractivity contribution >= 4 is 29.0 Å². The molecule has 3 aromatic rings. The van der Waals surface area contributed by atoms with E-state index in [0.717, 1.165) is 11.1 Å². The molecule has 2 atom stereocenters. The zero-order valence-corrected chi connectivity index (χ0v) is 22.5. The van der Waals surface area contributed by atoms with Crippen molar-refractivity contribution in [3.63, 3.8) is 0 Å². The molecule has 0 spiro atoms. The molecule has 0 aliphatic heterocycles. The Balaban J connectivity index is 1.68. The molecule has 1 aliphatic carbocycles. The lowest BCUT2D eigenvalue weighted by Crippen LogP contribution is -2.64. The summed E-state index contributed by atoms with van der Waals surface area (Å²) >= 11 is 6.51. The van der Waals surface area contributed by atoms with Crippen molar-refractivity contribution in [2.45, 2.75) is 25.5 Å². The van der Waals surface area contributed by atoms with Gasteiger partial charge in [0.2, 0.25) is 0 Å². The topological polar surface area (TPSA) is 123 Å². The first-order valence-electron chi connectivity index (χ1n) is 12.2. The fourth-order valence-electron chi connectivity index (χ4n) is 4.39. The predicted octanol–water partition coefficient (Wildman–Crippen LogP) is 4.06. The fraction of sp³-hybridized carbons (Fsp3) is 0.241. The number of aliphatic hydroxyl groups excluding tert-OH is 1. The molecule has 9 nitrogen and oxygen atoms in total. The minimum atomic E-state index is -1.35. The molecule has 202 valence electrons. The molecule has 4 rings (SSSR count). The van der Waals surface area contributed by atoms with Crippen LogP contribution in [0.25, 0.3) is 5.57 Å². The summed E-state index contributed by atoms with van der Waals surface area (Å²) in [4.78, 5) is 35.3. The van der Waals surface area contributed by atoms with Crippen molar-refractivity contribution in [2.75, 3.05) is 14.2 Å². The van der Waals surface area contributed by atoms with E-state index < -0.39 is 29.7 Å². The maximum absolute atomic E-state index is 13.5. The van der Waals surface area contributed by atoms with E-state index >= 15 is 0 Å². The highest BCUT2D eigenvalue weighted by Crippen LogP contribution is 2.38. The summed E-state index contributed by atoms with van der Waals surface area (Å²) in [6.45, 7) is 1.70. The van der Waals surface area contributed by atoms with Gasteiger partial charge in [0.15, 0.2) is 6.29 Å². The molecule has 0 fully saturated rings. The van der Waals surface area contributed by atoms with Gasteiger partial charge in [-0.3, -0.25) is 19.6 Å². The van der Waals surface area contributed by atoms with Gasteiger partial charge < -0.3 is 25.2 Å². The van der Waals surface area contributed by atoms with Crippen molar-refractivity contribution in [2.24, 2.45) is 5.92 Å². The number of nitrogens with zero attached hydrogens (tertiary/aromatic N) is 2. The first kappa shape index (κ1) is 28.1. The Morgan fingerprint density at radius 2 is 1.64 bits per heavy atom. The van der Waals surface area contributed by atoms with E-state index in [2.05, 4.69) is 20.6 Å². The van der Waals surface area contributed by atoms with E-state index in [1.54, 1.807) is 36.4 Å². The second-order valence-corrected chi connectivity index (χ2v) is 9.36. The van der Waals surface area contributed by atoms with Gasteiger partial charge in [0.25, 0.3) is 11.8 Å². The quantitative estimate of drug-likeness (QED) is 0.345. The summed E-state index contributed by atoms with van der Waals surface area (Å²) in [6.07, 6.45) is 7.69. The summed E-state index contributed by atoms with van der Waals surface area (Å²) in [5.74, 6) is -1.46. The number of rotatable bonds is 9. The first-order valence-corrected chi connectivity index (χ1v) is 12.6. The molecule has 10 heteroatoms. The number of carbonyl (C=O) groups excluding carboxylic acids is 2. The number of ether oxygens (including phenoxy) is 2. The molecule has 39 heavy (non-hydrogen) atoms. The van der Waals surface area contributed by atoms with Crippen LogP contribution in [0.3, 0.4) is 0 Å². The number of benzene rings is 1. The van der Waals surface area contributed by atoms with Gasteiger partial charge in [-0.1, -0.05) is 61.0 Å². The zero-order valence-electron chi connectivity index (χ0n) is 21.7. The van der Waals surface area contributed by atoms with Gasteiger partial charge in [-0.25, -0.2) is 0 Å². The van der Waals surface area contributed by atoms with Crippen LogP contribution in [-0.2, 0) is 16.1 Å². The predicted molar refractivity (Wildman–Crippen MR) is 147 cm³/mol. The molecule has 0 saturated heterocycles. The maximum atomic E-state index is 13.5. The van der Waals surface area contributed by atoms with Gasteiger partial charge in [-0.15, -0.1) is 0 Å². The van der Waals surface area contributed by atoms with Crippen LogP contribution in [0.4, 0.5) is 0 Å². The third-order valence-electron chi connectivity index (χ3n) is 6.57. The van der Waals surface area contributed by atoms with Crippen LogP contribution in [0.1, 0.15) is 50.9 Å². The summed E-state index contributed by atoms with van der Waals surface area (Å²) in [7, 11) is 3.02. The highest BCUT2D eigenvalue weighted by atomic mass is 35.5. The highest BCUT2D eigenvalue weighted by Gasteiger charge is 2.41. The van der Waals surface area contributed by atoms with E-state index in [-0.39, 0.29) is 18.0 Å². The number of allylic oxidation sites excluding steroid dienone is 2. The molecular formula is C29H29ClN4O5. The Labute approximate surface area is 231 Å². The monoisotopic (exact) mass is 548 g/mol. The van der Waals surface area contributed by atoms with Gasteiger partial charge in [-0.05, 0) is 41.0 Å². The molecule has 0 bridgehead atoms. The van der Waals surface area contributed by atoms with Crippen LogP contribution < -0.4 is 10.6 Å². The molecule has 1 aromatic carbocycles. The molecule has 2 unspecified atom stereocenters.